The Labute approximate surface area is 233 Å². The molecule has 2 heterocycles. The number of hydrogen-bond donors (Lipinski definition) is 1. The number of rotatable bonds is 8. The lowest BCUT2D eigenvalue weighted by Crippen LogP contribution is -2.40. The van der Waals surface area contributed by atoms with Crippen molar-refractivity contribution in [3.05, 3.63) is 93.7 Å². The van der Waals surface area contributed by atoms with Crippen LogP contribution in [0.25, 0.3) is 11.4 Å². The van der Waals surface area contributed by atoms with E-state index in [9.17, 15) is 4.79 Å². The van der Waals surface area contributed by atoms with Crippen molar-refractivity contribution in [2.75, 3.05) is 18.4 Å². The summed E-state index contributed by atoms with van der Waals surface area (Å²) in [6.45, 7) is 2.07. The summed E-state index contributed by atoms with van der Waals surface area (Å²) >= 11 is 11.2. The van der Waals surface area contributed by atoms with E-state index >= 15 is 0 Å². The summed E-state index contributed by atoms with van der Waals surface area (Å²) in [5.41, 5.74) is 2.93. The van der Waals surface area contributed by atoms with E-state index in [1.165, 1.54) is 5.56 Å². The zero-order valence-corrected chi connectivity index (χ0v) is 23.2. The number of amides is 1. The Morgan fingerprint density at radius 1 is 1.14 bits per heavy atom. The van der Waals surface area contributed by atoms with Crippen molar-refractivity contribution < 1.29 is 9.32 Å². The van der Waals surface area contributed by atoms with Gasteiger partial charge < -0.3 is 9.84 Å². The van der Waals surface area contributed by atoms with E-state index in [4.69, 9.17) is 16.1 Å². The summed E-state index contributed by atoms with van der Waals surface area (Å²) < 4.78 is 6.47. The summed E-state index contributed by atoms with van der Waals surface area (Å²) in [4.78, 5) is 21.1. The van der Waals surface area contributed by atoms with Crippen molar-refractivity contribution in [2.24, 2.45) is 5.92 Å². The van der Waals surface area contributed by atoms with E-state index in [0.29, 0.717) is 24.8 Å². The molecule has 6 nitrogen and oxygen atoms in total. The number of aromatic nitrogens is 2. The predicted molar refractivity (Wildman–Crippen MR) is 152 cm³/mol. The van der Waals surface area contributed by atoms with Crippen LogP contribution in [0.1, 0.15) is 24.3 Å². The van der Waals surface area contributed by atoms with Crippen LogP contribution in [0.3, 0.4) is 0 Å². The van der Waals surface area contributed by atoms with E-state index in [0.717, 1.165) is 50.8 Å². The quantitative estimate of drug-likeness (QED) is 0.215. The van der Waals surface area contributed by atoms with Gasteiger partial charge in [-0.3, -0.25) is 9.69 Å². The Morgan fingerprint density at radius 2 is 1.97 bits per heavy atom. The summed E-state index contributed by atoms with van der Waals surface area (Å²) in [6, 6.07) is 23.6. The van der Waals surface area contributed by atoms with Crippen LogP contribution in [0.4, 0.5) is 5.69 Å². The predicted octanol–water partition coefficient (Wildman–Crippen LogP) is 7.30. The maximum Gasteiger partial charge on any atom is 0.241 e. The van der Waals surface area contributed by atoms with Gasteiger partial charge in [0.1, 0.15) is 0 Å². The lowest BCUT2D eigenvalue weighted by molar-refractivity contribution is -0.121. The third kappa shape index (κ3) is 7.02. The molecule has 1 N–H and O–H groups in total. The normalized spacial score (nSPS) is 16.0. The summed E-state index contributed by atoms with van der Waals surface area (Å²) in [6.07, 6.45) is 1.80. The molecule has 1 atom stereocenters. The highest BCUT2D eigenvalue weighted by Crippen LogP contribution is 2.31. The Kier molecular flexibility index (Phi) is 8.61. The summed E-state index contributed by atoms with van der Waals surface area (Å²) in [5, 5.41) is 8.04. The lowest BCUT2D eigenvalue weighted by atomic mass is 9.97. The van der Waals surface area contributed by atoms with Crippen molar-refractivity contribution in [3.63, 3.8) is 0 Å². The molecule has 0 spiro atoms. The van der Waals surface area contributed by atoms with Gasteiger partial charge in [0, 0.05) is 32.3 Å². The van der Waals surface area contributed by atoms with E-state index in [1.54, 1.807) is 11.8 Å². The SMILES string of the molecule is O=C(Nc1ccccc1SCc1ccc(Cl)cc1)C1CCCN(Cc2nc(-c3cccc(Br)c3)no2)C1. The van der Waals surface area contributed by atoms with Crippen LogP contribution in [0.2, 0.25) is 5.02 Å². The smallest absolute Gasteiger partial charge is 0.241 e. The first-order valence-corrected chi connectivity index (χ1v) is 14.3. The molecule has 1 amide bonds. The second kappa shape index (κ2) is 12.3. The first-order valence-electron chi connectivity index (χ1n) is 12.1. The van der Waals surface area contributed by atoms with Gasteiger partial charge in [0.25, 0.3) is 0 Å². The Morgan fingerprint density at radius 3 is 2.81 bits per heavy atom. The molecule has 190 valence electrons. The number of likely N-dealkylation sites (tertiary alicyclic amines) is 1. The van der Waals surface area contributed by atoms with Crippen molar-refractivity contribution in [1.29, 1.82) is 0 Å². The maximum absolute atomic E-state index is 13.2. The minimum Gasteiger partial charge on any atom is -0.338 e. The van der Waals surface area contributed by atoms with E-state index < -0.39 is 0 Å². The molecule has 1 aromatic heterocycles. The molecule has 0 radical (unpaired) electrons. The van der Waals surface area contributed by atoms with Gasteiger partial charge in [-0.05, 0) is 61.3 Å². The van der Waals surface area contributed by atoms with Crippen molar-refractivity contribution in [2.45, 2.75) is 30.0 Å². The fraction of sp³-hybridized carbons (Fsp3) is 0.250. The third-order valence-electron chi connectivity index (χ3n) is 6.24. The molecule has 37 heavy (non-hydrogen) atoms. The Bertz CT molecular complexity index is 1360. The number of hydrogen-bond acceptors (Lipinski definition) is 6. The van der Waals surface area contributed by atoms with Gasteiger partial charge >= 0.3 is 0 Å². The van der Waals surface area contributed by atoms with Crippen LogP contribution < -0.4 is 5.32 Å². The average molecular weight is 598 g/mol. The zero-order valence-electron chi connectivity index (χ0n) is 20.1. The Balaban J connectivity index is 1.18. The number of thioether (sulfide) groups is 1. The van der Waals surface area contributed by atoms with Crippen LogP contribution in [0, 0.1) is 5.92 Å². The van der Waals surface area contributed by atoms with Crippen LogP contribution in [-0.2, 0) is 17.1 Å². The number of para-hydroxylation sites is 1. The number of nitrogens with zero attached hydrogens (tertiary/aromatic N) is 3. The van der Waals surface area contributed by atoms with Crippen LogP contribution in [0.15, 0.2) is 86.7 Å². The minimum absolute atomic E-state index is 0.0459. The molecular formula is C28H26BrClN4O2S. The fourth-order valence-electron chi connectivity index (χ4n) is 4.34. The molecule has 0 bridgehead atoms. The lowest BCUT2D eigenvalue weighted by Gasteiger charge is -2.31. The average Bonchev–Trinajstić information content (AvgIpc) is 3.38. The molecule has 3 aromatic carbocycles. The molecular weight excluding hydrogens is 572 g/mol. The zero-order chi connectivity index (χ0) is 25.6. The second-order valence-electron chi connectivity index (χ2n) is 9.00. The van der Waals surface area contributed by atoms with Gasteiger partial charge in [0.05, 0.1) is 18.2 Å². The van der Waals surface area contributed by atoms with Gasteiger partial charge in [0.2, 0.25) is 17.6 Å². The van der Waals surface area contributed by atoms with Crippen molar-refractivity contribution in [1.82, 2.24) is 15.0 Å². The van der Waals surface area contributed by atoms with Gasteiger partial charge in [-0.1, -0.05) is 69.1 Å². The highest BCUT2D eigenvalue weighted by atomic mass is 79.9. The first-order chi connectivity index (χ1) is 18.0. The maximum atomic E-state index is 13.2. The third-order valence-corrected chi connectivity index (χ3v) is 8.13. The van der Waals surface area contributed by atoms with E-state index in [2.05, 4.69) is 36.3 Å². The highest BCUT2D eigenvalue weighted by Gasteiger charge is 2.27. The van der Waals surface area contributed by atoms with Crippen molar-refractivity contribution >= 4 is 50.9 Å². The Hall–Kier alpha value is -2.65. The molecule has 5 rings (SSSR count). The number of carbonyl (C=O) groups is 1. The van der Waals surface area contributed by atoms with Gasteiger partial charge in [-0.2, -0.15) is 4.98 Å². The minimum atomic E-state index is -0.101. The topological polar surface area (TPSA) is 71.3 Å². The molecule has 0 aliphatic carbocycles. The fourth-order valence-corrected chi connectivity index (χ4v) is 5.83. The molecule has 1 unspecified atom stereocenters. The van der Waals surface area contributed by atoms with Crippen LogP contribution in [-0.4, -0.2) is 34.0 Å². The highest BCUT2D eigenvalue weighted by molar-refractivity contribution is 9.10. The summed E-state index contributed by atoms with van der Waals surface area (Å²) in [7, 11) is 0. The van der Waals surface area contributed by atoms with Gasteiger partial charge in [-0.25, -0.2) is 0 Å². The monoisotopic (exact) mass is 596 g/mol. The summed E-state index contributed by atoms with van der Waals surface area (Å²) in [5.74, 6) is 1.86. The molecule has 0 saturated carbocycles. The van der Waals surface area contributed by atoms with Gasteiger partial charge in [-0.15, -0.1) is 11.8 Å². The first kappa shape index (κ1) is 26.0. The molecule has 4 aromatic rings. The van der Waals surface area contributed by atoms with Crippen LogP contribution in [0.5, 0.6) is 0 Å². The number of halogens is 2. The standard InChI is InChI=1S/C28H26BrClN4O2S/c29-22-7-3-5-20(15-22)27-32-26(36-33-27)17-34-14-4-6-21(16-34)28(35)31-24-8-1-2-9-25(24)37-18-19-10-12-23(30)13-11-19/h1-3,5,7-13,15,21H,4,6,14,16-18H2,(H,31,35). The molecule has 1 saturated heterocycles. The number of carbonyl (C=O) groups excluding carboxylic acids is 1. The van der Waals surface area contributed by atoms with E-state index in [1.807, 2.05) is 72.8 Å². The molecule has 1 aliphatic heterocycles. The number of piperidine rings is 1. The molecule has 1 aliphatic rings. The largest absolute Gasteiger partial charge is 0.338 e. The van der Waals surface area contributed by atoms with Crippen molar-refractivity contribution in [3.8, 4) is 11.4 Å². The molecule has 9 heteroatoms. The number of benzene rings is 3. The number of anilines is 1. The number of nitrogens with one attached hydrogen (secondary N) is 1. The van der Waals surface area contributed by atoms with E-state index in [-0.39, 0.29) is 11.8 Å². The van der Waals surface area contributed by atoms with Gasteiger partial charge in [0.15, 0.2) is 0 Å². The molecule has 1 fully saturated rings. The van der Waals surface area contributed by atoms with Crippen LogP contribution >= 0.6 is 39.3 Å². The second-order valence-corrected chi connectivity index (χ2v) is 11.4.